The van der Waals surface area contributed by atoms with Crippen molar-refractivity contribution in [1.29, 1.82) is 0 Å². The molecule has 1 heterocycles. The Hall–Kier alpha value is 0.250. The zero-order valence-corrected chi connectivity index (χ0v) is 3.22. The number of hydrogen-bond acceptors (Lipinski definition) is 1. The number of nitrogens with one attached hydrogen (secondary N) is 1. The summed E-state index contributed by atoms with van der Waals surface area (Å²) in [6.45, 7) is -4.48. The number of rotatable bonds is 0. The van der Waals surface area contributed by atoms with Gasteiger partial charge in [0.15, 0.2) is 0 Å². The largest absolute Gasteiger partial charge is 0.317 e. The van der Waals surface area contributed by atoms with Gasteiger partial charge in [-0.15, -0.1) is 12.4 Å². The molecule has 1 saturated heterocycles. The van der Waals surface area contributed by atoms with E-state index in [1.807, 2.05) is 5.32 Å². The fourth-order valence-corrected chi connectivity index (χ4v) is 0.0625. The molecule has 0 atom stereocenters. The molecule has 0 bridgehead atoms. The van der Waals surface area contributed by atoms with E-state index in [1.54, 1.807) is 0 Å². The second-order valence-electron chi connectivity index (χ2n) is 0.500. The van der Waals surface area contributed by atoms with Crippen LogP contribution in [-0.2, 0) is 0 Å². The Morgan fingerprint density at radius 2 is 2.20 bits per heavy atom. The summed E-state index contributed by atoms with van der Waals surface area (Å²) in [4.78, 5) is 0. The van der Waals surface area contributed by atoms with Crippen molar-refractivity contribution in [2.75, 3.05) is 13.0 Å². The van der Waals surface area contributed by atoms with Crippen LogP contribution in [0.15, 0.2) is 0 Å². The predicted octanol–water partition coefficient (Wildman–Crippen LogP) is 0.401. The molecule has 0 aliphatic carbocycles. The standard InChI is InChI=1S/C3H7N.ClH/c1-2-4-3-1;/h4H,1-3H2;1H/i1D2,2D2,3D2;. The van der Waals surface area contributed by atoms with Crippen LogP contribution in [0, 0.1) is 0 Å². The van der Waals surface area contributed by atoms with Crippen molar-refractivity contribution in [2.24, 2.45) is 0 Å². The zero-order chi connectivity index (χ0) is 8.21. The molecule has 0 aromatic carbocycles. The van der Waals surface area contributed by atoms with E-state index in [4.69, 9.17) is 8.22 Å². The van der Waals surface area contributed by atoms with Gasteiger partial charge >= 0.3 is 0 Å². The van der Waals surface area contributed by atoms with Crippen LogP contribution >= 0.6 is 12.4 Å². The summed E-state index contributed by atoms with van der Waals surface area (Å²) < 4.78 is 41.3. The zero-order valence-electron chi connectivity index (χ0n) is 8.41. The minimum atomic E-state index is -2.43. The van der Waals surface area contributed by atoms with Crippen molar-refractivity contribution >= 4 is 12.4 Å². The Morgan fingerprint density at radius 3 is 2.20 bits per heavy atom. The van der Waals surface area contributed by atoms with Gasteiger partial charge in [0.2, 0.25) is 0 Å². The Labute approximate surface area is 46.6 Å². The minimum Gasteiger partial charge on any atom is -0.317 e. The molecule has 5 heavy (non-hydrogen) atoms. The molecular weight excluding hydrogens is 85.5 g/mol. The van der Waals surface area contributed by atoms with Gasteiger partial charge in [-0.3, -0.25) is 0 Å². The predicted molar refractivity (Wildman–Crippen MR) is 24.7 cm³/mol. The average Bonchev–Trinajstić information content (AvgIpc) is 1.61. The summed E-state index contributed by atoms with van der Waals surface area (Å²) in [6.07, 6.45) is -2.43. The first-order valence-electron chi connectivity index (χ1n) is 4.00. The van der Waals surface area contributed by atoms with E-state index in [2.05, 4.69) is 0 Å². The number of hydrogen-bond donors (Lipinski definition) is 1. The van der Waals surface area contributed by atoms with Crippen molar-refractivity contribution in [1.82, 2.24) is 5.32 Å². The van der Waals surface area contributed by atoms with Crippen LogP contribution in [0.5, 0.6) is 0 Å². The van der Waals surface area contributed by atoms with Crippen molar-refractivity contribution in [2.45, 2.75) is 6.37 Å². The van der Waals surface area contributed by atoms with Gasteiger partial charge in [0.25, 0.3) is 0 Å². The Balaban J connectivity index is 0.000001000. The molecule has 1 nitrogen and oxygen atoms in total. The fraction of sp³-hybridized carbons (Fsp3) is 1.00. The summed E-state index contributed by atoms with van der Waals surface area (Å²) in [6, 6.07) is 0. The minimum absolute atomic E-state index is 0. The molecule has 1 fully saturated rings. The third kappa shape index (κ3) is 1.19. The maximum Gasteiger partial charge on any atom is 0.0428 e. The lowest BCUT2D eigenvalue weighted by Gasteiger charge is -2.09. The highest BCUT2D eigenvalue weighted by molar-refractivity contribution is 5.85. The van der Waals surface area contributed by atoms with Gasteiger partial charge in [-0.1, -0.05) is 0 Å². The fourth-order valence-electron chi connectivity index (χ4n) is 0.0625. The third-order valence-electron chi connectivity index (χ3n) is 0.250. The van der Waals surface area contributed by atoms with Gasteiger partial charge in [0.1, 0.15) is 0 Å². The molecule has 1 N–H and O–H groups in total. The monoisotopic (exact) mass is 99.1 g/mol. The normalized spacial score (nSPS) is 67.2. The lowest BCUT2D eigenvalue weighted by molar-refractivity contribution is 0.527. The summed E-state index contributed by atoms with van der Waals surface area (Å²) >= 11 is 0. The molecule has 1 aliphatic rings. The van der Waals surface area contributed by atoms with Gasteiger partial charge in [-0.2, -0.15) is 0 Å². The van der Waals surface area contributed by atoms with Crippen LogP contribution in [0.3, 0.4) is 0 Å². The highest BCUT2D eigenvalue weighted by atomic mass is 35.5. The quantitative estimate of drug-likeness (QED) is 0.464. The van der Waals surface area contributed by atoms with Gasteiger partial charge in [-0.25, -0.2) is 0 Å². The van der Waals surface area contributed by atoms with E-state index in [9.17, 15) is 0 Å². The van der Waals surface area contributed by atoms with Crippen LogP contribution < -0.4 is 5.32 Å². The molecule has 0 aromatic heterocycles. The molecule has 2 heteroatoms. The maximum absolute atomic E-state index is 6.93. The molecule has 0 unspecified atom stereocenters. The van der Waals surface area contributed by atoms with E-state index < -0.39 is 19.4 Å². The van der Waals surface area contributed by atoms with Gasteiger partial charge in [0.05, 0.1) is 0 Å². The summed E-state index contributed by atoms with van der Waals surface area (Å²) in [5.41, 5.74) is 0. The van der Waals surface area contributed by atoms with Crippen molar-refractivity contribution in [3.05, 3.63) is 0 Å². The first-order chi connectivity index (χ1) is 4.21. The summed E-state index contributed by atoms with van der Waals surface area (Å²) in [5, 5.41) is 1.84. The average molecular weight is 99.6 g/mol. The van der Waals surface area contributed by atoms with Gasteiger partial charge in [-0.05, 0) is 19.4 Å². The smallest absolute Gasteiger partial charge is 0.0428 e. The van der Waals surface area contributed by atoms with E-state index in [1.165, 1.54) is 0 Å². The molecular formula is C3H8ClN. The van der Waals surface area contributed by atoms with Crippen LogP contribution in [0.25, 0.3) is 0 Å². The summed E-state index contributed by atoms with van der Waals surface area (Å²) in [7, 11) is 0. The highest BCUT2D eigenvalue weighted by Gasteiger charge is 1.92. The molecule has 0 amide bonds. The molecule has 0 spiro atoms. The third-order valence-corrected chi connectivity index (χ3v) is 0.250. The van der Waals surface area contributed by atoms with E-state index in [0.717, 1.165) is 0 Å². The first-order valence-corrected chi connectivity index (χ1v) is 1.00. The van der Waals surface area contributed by atoms with Gasteiger partial charge in [0, 0.05) is 8.22 Å². The SMILES string of the molecule is Cl.[2H]C1([2H])NC([2H])([2H])C1([2H])[2H]. The number of halogens is 1. The Morgan fingerprint density at radius 1 is 1.60 bits per heavy atom. The molecule has 0 aromatic rings. The van der Waals surface area contributed by atoms with Crippen LogP contribution in [0.4, 0.5) is 0 Å². The van der Waals surface area contributed by atoms with Gasteiger partial charge < -0.3 is 5.32 Å². The van der Waals surface area contributed by atoms with Crippen molar-refractivity contribution in [3.8, 4) is 0 Å². The molecule has 0 radical (unpaired) electrons. The first kappa shape index (κ1) is 0.903. The highest BCUT2D eigenvalue weighted by Crippen LogP contribution is 1.80. The lowest BCUT2D eigenvalue weighted by Crippen LogP contribution is -2.29. The van der Waals surface area contributed by atoms with Crippen LogP contribution in [-0.4, -0.2) is 13.0 Å². The van der Waals surface area contributed by atoms with Crippen molar-refractivity contribution < 1.29 is 8.22 Å². The topological polar surface area (TPSA) is 12.0 Å². The van der Waals surface area contributed by atoms with E-state index in [0.29, 0.717) is 0 Å². The van der Waals surface area contributed by atoms with E-state index >= 15 is 0 Å². The lowest BCUT2D eigenvalue weighted by atomic mass is 10.3. The molecule has 32 valence electrons. The Kier molecular flexibility index (Phi) is 0.449. The molecule has 1 rings (SSSR count). The van der Waals surface area contributed by atoms with E-state index in [-0.39, 0.29) is 12.4 Å². The second kappa shape index (κ2) is 2.49. The van der Waals surface area contributed by atoms with Crippen LogP contribution in [0.2, 0.25) is 0 Å². The Bertz CT molecular complexity index is 151. The van der Waals surface area contributed by atoms with Crippen LogP contribution in [0.1, 0.15) is 14.6 Å². The second-order valence-corrected chi connectivity index (χ2v) is 0.500. The molecule has 1 aliphatic heterocycles. The van der Waals surface area contributed by atoms with Crippen molar-refractivity contribution in [3.63, 3.8) is 0 Å². The maximum atomic E-state index is 6.93. The molecule has 0 saturated carbocycles. The summed E-state index contributed by atoms with van der Waals surface area (Å²) in [5.74, 6) is 0.